The molecule has 1 aliphatic heterocycles. The van der Waals surface area contributed by atoms with E-state index in [4.69, 9.17) is 14.2 Å². The second-order valence-corrected chi connectivity index (χ2v) is 17.0. The maximum absolute atomic E-state index is 14.5. The Morgan fingerprint density at radius 1 is 1.02 bits per heavy atom. The third-order valence-corrected chi connectivity index (χ3v) is 13.0. The number of aliphatic hydroxyl groups is 6. The van der Waals surface area contributed by atoms with Crippen molar-refractivity contribution >= 4 is 23.3 Å². The summed E-state index contributed by atoms with van der Waals surface area (Å²) in [6.45, 7) is 12.5. The molecule has 6 N–H and O–H groups in total. The van der Waals surface area contributed by atoms with Gasteiger partial charge in [0.25, 0.3) is 0 Å². The van der Waals surface area contributed by atoms with E-state index < -0.39 is 106 Å². The molecule has 4 fully saturated rings. The van der Waals surface area contributed by atoms with Crippen molar-refractivity contribution in [3.8, 4) is 0 Å². The molecule has 1 heterocycles. The van der Waals surface area contributed by atoms with E-state index in [0.717, 1.165) is 11.6 Å². The molecule has 0 amide bonds. The van der Waals surface area contributed by atoms with Gasteiger partial charge in [-0.1, -0.05) is 25.5 Å². The third kappa shape index (κ3) is 6.05. The van der Waals surface area contributed by atoms with E-state index in [1.807, 2.05) is 19.9 Å². The number of ether oxygens (including phenoxy) is 3. The molecule has 0 unspecified atom stereocenters. The van der Waals surface area contributed by atoms with Crippen molar-refractivity contribution in [3.05, 3.63) is 23.8 Å². The monoisotopic (exact) mass is 706 g/mol. The SMILES string of the molecule is CC(=O)OC(C)(C)/C=C/C(=O)[C@](C)(O)[C@H]1[C@H](O)C[C@@]2(C)[C@@H]3CC=C4[C@@H](C[C@@H](O[C@@H]5O[C@H](CO)[C@@H](O)[C@H](O)[C@H]5O)C(=O)C4(C)C)[C@@H]3C(=O)C[C@]12C. The van der Waals surface area contributed by atoms with Gasteiger partial charge in [-0.15, -0.1) is 0 Å². The number of hydrogen-bond donors (Lipinski definition) is 6. The molecule has 3 saturated carbocycles. The number of ketones is 3. The minimum absolute atomic E-state index is 0.0329. The van der Waals surface area contributed by atoms with Gasteiger partial charge in [0.15, 0.2) is 17.9 Å². The van der Waals surface area contributed by atoms with Crippen molar-refractivity contribution in [2.24, 2.45) is 39.9 Å². The summed E-state index contributed by atoms with van der Waals surface area (Å²) in [5.74, 6) is -3.98. The van der Waals surface area contributed by atoms with E-state index in [-0.39, 0.29) is 36.7 Å². The van der Waals surface area contributed by atoms with Crippen LogP contribution in [0.15, 0.2) is 23.8 Å². The normalized spacial score (nSPS) is 44.1. The summed E-state index contributed by atoms with van der Waals surface area (Å²) in [5, 5.41) is 64.4. The lowest BCUT2D eigenvalue weighted by molar-refractivity contribution is -0.310. The summed E-state index contributed by atoms with van der Waals surface area (Å²) in [7, 11) is 0. The highest BCUT2D eigenvalue weighted by atomic mass is 16.7. The Kier molecular flexibility index (Phi) is 10.1. The first kappa shape index (κ1) is 38.9. The summed E-state index contributed by atoms with van der Waals surface area (Å²) in [5.41, 5.74) is -5.17. The van der Waals surface area contributed by atoms with Gasteiger partial charge in [-0.2, -0.15) is 0 Å². The number of Topliss-reactive ketones (excluding diaryl/α,β-unsaturated/α-hetero) is 2. The van der Waals surface area contributed by atoms with Crippen LogP contribution in [0.4, 0.5) is 0 Å². The number of rotatable bonds is 8. The van der Waals surface area contributed by atoms with Crippen LogP contribution in [0.1, 0.15) is 81.1 Å². The lowest BCUT2D eigenvalue weighted by Crippen LogP contribution is -2.63. The molecule has 280 valence electrons. The van der Waals surface area contributed by atoms with Gasteiger partial charge in [0.05, 0.1) is 12.7 Å². The first-order chi connectivity index (χ1) is 22.9. The van der Waals surface area contributed by atoms with Gasteiger partial charge in [-0.3, -0.25) is 19.2 Å². The molecule has 13 heteroatoms. The Bertz CT molecular complexity index is 1460. The zero-order valence-corrected chi connectivity index (χ0v) is 30.2. The molecule has 13 nitrogen and oxygen atoms in total. The topological polar surface area (TPSA) is 217 Å². The lowest BCUT2D eigenvalue weighted by atomic mass is 9.43. The van der Waals surface area contributed by atoms with Crippen LogP contribution in [-0.4, -0.2) is 115 Å². The number of fused-ring (bicyclic) bond motifs is 5. The molecular formula is C37H54O13. The van der Waals surface area contributed by atoms with E-state index in [1.54, 1.807) is 27.7 Å². The zero-order chi connectivity index (χ0) is 37.5. The first-order valence-electron chi connectivity index (χ1n) is 17.5. The number of hydrogen-bond acceptors (Lipinski definition) is 13. The average Bonchev–Trinajstić information content (AvgIpc) is 3.22. The highest BCUT2D eigenvalue weighted by Gasteiger charge is 2.72. The fourth-order valence-electron chi connectivity index (χ4n) is 10.4. The molecule has 1 saturated heterocycles. The van der Waals surface area contributed by atoms with Crippen LogP contribution in [0.2, 0.25) is 0 Å². The fraction of sp³-hybridized carbons (Fsp3) is 0.784. The average molecular weight is 707 g/mol. The van der Waals surface area contributed by atoms with E-state index in [9.17, 15) is 49.8 Å². The van der Waals surface area contributed by atoms with E-state index >= 15 is 0 Å². The van der Waals surface area contributed by atoms with Crippen molar-refractivity contribution in [1.82, 2.24) is 0 Å². The molecule has 0 bridgehead atoms. The van der Waals surface area contributed by atoms with E-state index in [2.05, 4.69) is 0 Å². The van der Waals surface area contributed by atoms with Crippen LogP contribution in [0, 0.1) is 39.9 Å². The maximum atomic E-state index is 14.5. The summed E-state index contributed by atoms with van der Waals surface area (Å²) >= 11 is 0. The molecule has 5 rings (SSSR count). The predicted octanol–water partition coefficient (Wildman–Crippen LogP) is 0.933. The molecule has 0 spiro atoms. The van der Waals surface area contributed by atoms with Crippen molar-refractivity contribution in [1.29, 1.82) is 0 Å². The van der Waals surface area contributed by atoms with Gasteiger partial charge in [0, 0.05) is 30.6 Å². The first-order valence-corrected chi connectivity index (χ1v) is 17.5. The molecule has 0 aromatic carbocycles. The third-order valence-electron chi connectivity index (χ3n) is 13.0. The van der Waals surface area contributed by atoms with Gasteiger partial charge >= 0.3 is 5.97 Å². The Morgan fingerprint density at radius 2 is 1.66 bits per heavy atom. The Hall–Kier alpha value is -2.36. The van der Waals surface area contributed by atoms with Crippen LogP contribution in [0.5, 0.6) is 0 Å². The predicted molar refractivity (Wildman–Crippen MR) is 176 cm³/mol. The summed E-state index contributed by atoms with van der Waals surface area (Å²) in [6.07, 6.45) is -4.75. The number of carbonyl (C=O) groups excluding carboxylic acids is 4. The quantitative estimate of drug-likeness (QED) is 0.118. The lowest BCUT2D eigenvalue weighted by Gasteiger charge is -2.60. The van der Waals surface area contributed by atoms with Crippen LogP contribution in [0.25, 0.3) is 0 Å². The zero-order valence-electron chi connectivity index (χ0n) is 30.2. The van der Waals surface area contributed by atoms with E-state index in [0.29, 0.717) is 6.42 Å². The molecule has 0 aromatic rings. The van der Waals surface area contributed by atoms with Crippen LogP contribution < -0.4 is 0 Å². The van der Waals surface area contributed by atoms with Crippen molar-refractivity contribution in [2.45, 2.75) is 135 Å². The molecule has 0 radical (unpaired) electrons. The summed E-state index contributed by atoms with van der Waals surface area (Å²) in [6, 6.07) is 0. The van der Waals surface area contributed by atoms with E-state index in [1.165, 1.54) is 19.9 Å². The van der Waals surface area contributed by atoms with Crippen molar-refractivity contribution in [3.63, 3.8) is 0 Å². The van der Waals surface area contributed by atoms with Gasteiger partial charge in [0.2, 0.25) is 0 Å². The highest BCUT2D eigenvalue weighted by Crippen LogP contribution is 2.71. The second-order valence-electron chi connectivity index (χ2n) is 17.0. The Balaban J connectivity index is 1.45. The standard InChI is InChI=1S/C37H54O13/c1-17(39)50-33(2,3)12-11-25(42)37(8,47)30-22(41)15-35(6)20-10-9-19-18(26(20)21(40)14-36(30,35)7)13-23(31(46)34(19,4)5)48-32-29(45)28(44)27(43)24(16-38)49-32/h9,11-12,18,20,22-24,26-30,32,38,41,43-45,47H,10,13-16H2,1-8H3/b12-11+/t18-,20-,22-,23-,24-,26+,27-,28+,29-,30+,32-,35+,36-,37+/m1/s1. The largest absolute Gasteiger partial charge is 0.456 e. The Labute approximate surface area is 292 Å². The maximum Gasteiger partial charge on any atom is 0.303 e. The molecule has 14 atom stereocenters. The smallest absolute Gasteiger partial charge is 0.303 e. The summed E-state index contributed by atoms with van der Waals surface area (Å²) < 4.78 is 16.8. The van der Waals surface area contributed by atoms with Crippen molar-refractivity contribution in [2.75, 3.05) is 6.61 Å². The van der Waals surface area contributed by atoms with Gasteiger partial charge in [0.1, 0.15) is 47.5 Å². The van der Waals surface area contributed by atoms with Gasteiger partial charge in [-0.25, -0.2) is 0 Å². The number of allylic oxidation sites excluding steroid dienone is 2. The number of esters is 1. The van der Waals surface area contributed by atoms with Gasteiger partial charge < -0.3 is 44.8 Å². The number of carbonyl (C=O) groups is 4. The molecule has 0 aromatic heterocycles. The summed E-state index contributed by atoms with van der Waals surface area (Å²) in [4.78, 5) is 53.5. The Morgan fingerprint density at radius 3 is 2.26 bits per heavy atom. The second kappa shape index (κ2) is 12.9. The molecule has 5 aliphatic rings. The van der Waals surface area contributed by atoms with Crippen LogP contribution in [-0.2, 0) is 33.4 Å². The van der Waals surface area contributed by atoms with Crippen LogP contribution >= 0.6 is 0 Å². The molecule has 4 aliphatic carbocycles. The molecule has 50 heavy (non-hydrogen) atoms. The van der Waals surface area contributed by atoms with Crippen molar-refractivity contribution < 1.29 is 64.0 Å². The number of aliphatic hydroxyl groups excluding tert-OH is 5. The minimum Gasteiger partial charge on any atom is -0.456 e. The fourth-order valence-corrected chi connectivity index (χ4v) is 10.4. The highest BCUT2D eigenvalue weighted by molar-refractivity contribution is 5.97. The van der Waals surface area contributed by atoms with Gasteiger partial charge in [-0.05, 0) is 88.7 Å². The van der Waals surface area contributed by atoms with Crippen LogP contribution in [0.3, 0.4) is 0 Å². The molecular weight excluding hydrogens is 652 g/mol. The minimum atomic E-state index is -2.07.